The minimum Gasteiger partial charge on any atom is -0.292 e. The first-order valence-electron chi connectivity index (χ1n) is 3.76. The lowest BCUT2D eigenvalue weighted by molar-refractivity contribution is 0.0992. The van der Waals surface area contributed by atoms with Crippen molar-refractivity contribution in [2.45, 2.75) is 12.3 Å². The highest BCUT2D eigenvalue weighted by Gasteiger charge is 2.18. The summed E-state index contributed by atoms with van der Waals surface area (Å²) >= 11 is 23.0. The zero-order valence-corrected chi connectivity index (χ0v) is 10.2. The molecule has 14 heavy (non-hydrogen) atoms. The van der Waals surface area contributed by atoms with Gasteiger partial charge in [-0.05, 0) is 19.1 Å². The van der Waals surface area contributed by atoms with E-state index in [-0.39, 0.29) is 21.4 Å². The Balaban J connectivity index is 3.27. The quantitative estimate of drug-likeness (QED) is 0.441. The second-order valence-corrected chi connectivity index (χ2v) is 4.61. The summed E-state index contributed by atoms with van der Waals surface area (Å²) in [6.45, 7) is 1.56. The summed E-state index contributed by atoms with van der Waals surface area (Å²) in [5, 5.41) is 0.149. The Morgan fingerprint density at radius 2 is 1.86 bits per heavy atom. The predicted octanol–water partition coefficient (Wildman–Crippen LogP) is 4.46. The standard InChI is InChI=1S/C9H6Cl4O/c1-4(10)9(14)6-2-5(11)3-7(12)8(6)13/h2-4H,1H3. The summed E-state index contributed by atoms with van der Waals surface area (Å²) < 4.78 is 0. The second-order valence-electron chi connectivity index (χ2n) is 2.73. The van der Waals surface area contributed by atoms with E-state index in [1.165, 1.54) is 12.1 Å². The van der Waals surface area contributed by atoms with Crippen molar-refractivity contribution in [2.24, 2.45) is 0 Å². The van der Waals surface area contributed by atoms with E-state index in [9.17, 15) is 4.79 Å². The van der Waals surface area contributed by atoms with Crippen molar-refractivity contribution in [2.75, 3.05) is 0 Å². The molecule has 1 nitrogen and oxygen atoms in total. The van der Waals surface area contributed by atoms with E-state index in [4.69, 9.17) is 46.4 Å². The van der Waals surface area contributed by atoms with Gasteiger partial charge >= 0.3 is 0 Å². The number of Topliss-reactive ketones (excluding diaryl/α,β-unsaturated/α-hetero) is 1. The van der Waals surface area contributed by atoms with Gasteiger partial charge in [0, 0.05) is 10.6 Å². The minimum absolute atomic E-state index is 0.188. The molecule has 1 aromatic carbocycles. The minimum atomic E-state index is -0.651. The van der Waals surface area contributed by atoms with Crippen LogP contribution >= 0.6 is 46.4 Å². The summed E-state index contributed by atoms with van der Waals surface area (Å²) in [4.78, 5) is 11.5. The molecule has 0 fully saturated rings. The Labute approximate surface area is 102 Å². The number of carbonyl (C=O) groups is 1. The lowest BCUT2D eigenvalue weighted by Crippen LogP contribution is -2.11. The second kappa shape index (κ2) is 4.71. The van der Waals surface area contributed by atoms with E-state index in [2.05, 4.69) is 0 Å². The van der Waals surface area contributed by atoms with Gasteiger partial charge in [-0.2, -0.15) is 0 Å². The van der Waals surface area contributed by atoms with Crippen LogP contribution < -0.4 is 0 Å². The molecule has 0 radical (unpaired) electrons. The average molecular weight is 272 g/mol. The van der Waals surface area contributed by atoms with Crippen molar-refractivity contribution in [3.05, 3.63) is 32.8 Å². The van der Waals surface area contributed by atoms with Gasteiger partial charge in [0.2, 0.25) is 0 Å². The highest BCUT2D eigenvalue weighted by Crippen LogP contribution is 2.30. The zero-order chi connectivity index (χ0) is 10.9. The van der Waals surface area contributed by atoms with Crippen molar-refractivity contribution >= 4 is 52.2 Å². The van der Waals surface area contributed by atoms with Crippen molar-refractivity contribution in [1.29, 1.82) is 0 Å². The monoisotopic (exact) mass is 270 g/mol. The first-order valence-corrected chi connectivity index (χ1v) is 5.33. The van der Waals surface area contributed by atoms with Gasteiger partial charge in [0.05, 0.1) is 15.4 Å². The Hall–Kier alpha value is 0.0500. The molecule has 0 N–H and O–H groups in total. The molecule has 0 aliphatic heterocycles. The molecule has 1 rings (SSSR count). The lowest BCUT2D eigenvalue weighted by Gasteiger charge is -2.06. The smallest absolute Gasteiger partial charge is 0.181 e. The van der Waals surface area contributed by atoms with Gasteiger partial charge in [-0.1, -0.05) is 34.8 Å². The molecule has 0 aliphatic rings. The first kappa shape index (κ1) is 12.1. The van der Waals surface area contributed by atoms with Gasteiger partial charge in [0.15, 0.2) is 5.78 Å². The maximum Gasteiger partial charge on any atom is 0.181 e. The number of alkyl halides is 1. The van der Waals surface area contributed by atoms with E-state index >= 15 is 0 Å². The van der Waals surface area contributed by atoms with E-state index in [1.54, 1.807) is 6.92 Å². The number of benzene rings is 1. The molecule has 76 valence electrons. The number of rotatable bonds is 2. The van der Waals surface area contributed by atoms with Gasteiger partial charge in [0.1, 0.15) is 0 Å². The van der Waals surface area contributed by atoms with Gasteiger partial charge in [0.25, 0.3) is 0 Å². The maximum atomic E-state index is 11.5. The molecule has 0 heterocycles. The first-order chi connectivity index (χ1) is 6.43. The number of hydrogen-bond donors (Lipinski definition) is 0. The molecule has 1 aromatic rings. The van der Waals surface area contributed by atoms with Crippen molar-refractivity contribution in [3.8, 4) is 0 Å². The zero-order valence-electron chi connectivity index (χ0n) is 7.15. The Morgan fingerprint density at radius 3 is 2.36 bits per heavy atom. The van der Waals surface area contributed by atoms with E-state index in [0.29, 0.717) is 5.02 Å². The normalized spacial score (nSPS) is 12.6. The fourth-order valence-corrected chi connectivity index (χ4v) is 1.76. The third-order valence-corrected chi connectivity index (χ3v) is 2.84. The Morgan fingerprint density at radius 1 is 1.29 bits per heavy atom. The molecular formula is C9H6Cl4O. The van der Waals surface area contributed by atoms with Crippen LogP contribution in [0.2, 0.25) is 15.1 Å². The van der Waals surface area contributed by atoms with Crippen molar-refractivity contribution in [3.63, 3.8) is 0 Å². The molecule has 0 saturated carbocycles. The summed E-state index contributed by atoms with van der Waals surface area (Å²) in [7, 11) is 0. The molecule has 0 spiro atoms. The Kier molecular flexibility index (Phi) is 4.08. The van der Waals surface area contributed by atoms with Gasteiger partial charge < -0.3 is 0 Å². The van der Waals surface area contributed by atoms with Crippen LogP contribution in [0.5, 0.6) is 0 Å². The predicted molar refractivity (Wildman–Crippen MR) is 61.1 cm³/mol. The van der Waals surface area contributed by atoms with E-state index in [1.807, 2.05) is 0 Å². The van der Waals surface area contributed by atoms with Crippen LogP contribution in [0.25, 0.3) is 0 Å². The molecule has 1 unspecified atom stereocenters. The molecule has 0 bridgehead atoms. The van der Waals surface area contributed by atoms with Crippen LogP contribution in [0, 0.1) is 0 Å². The maximum absolute atomic E-state index is 11.5. The van der Waals surface area contributed by atoms with Crippen LogP contribution in [-0.4, -0.2) is 11.2 Å². The van der Waals surface area contributed by atoms with Crippen LogP contribution in [0.15, 0.2) is 12.1 Å². The summed E-state index contributed by atoms with van der Waals surface area (Å²) in [5.74, 6) is -0.291. The number of ketones is 1. The highest BCUT2D eigenvalue weighted by atomic mass is 35.5. The average Bonchev–Trinajstić information content (AvgIpc) is 2.09. The van der Waals surface area contributed by atoms with Gasteiger partial charge in [-0.15, -0.1) is 11.6 Å². The molecule has 5 heteroatoms. The molecule has 0 saturated heterocycles. The molecular weight excluding hydrogens is 266 g/mol. The van der Waals surface area contributed by atoms with Crippen LogP contribution in [0.4, 0.5) is 0 Å². The topological polar surface area (TPSA) is 17.1 Å². The fraction of sp³-hybridized carbons (Fsp3) is 0.222. The third kappa shape index (κ3) is 2.54. The SMILES string of the molecule is CC(Cl)C(=O)c1cc(Cl)cc(Cl)c1Cl. The summed E-state index contributed by atoms with van der Waals surface area (Å²) in [5.41, 5.74) is 0.256. The number of carbonyl (C=O) groups excluding carboxylic acids is 1. The third-order valence-electron chi connectivity index (χ3n) is 1.62. The fourth-order valence-electron chi connectivity index (χ4n) is 0.950. The van der Waals surface area contributed by atoms with Crippen LogP contribution in [0.3, 0.4) is 0 Å². The Bertz CT molecular complexity index is 373. The summed E-state index contributed by atoms with van der Waals surface area (Å²) in [6.07, 6.45) is 0. The summed E-state index contributed by atoms with van der Waals surface area (Å²) in [6, 6.07) is 2.93. The van der Waals surface area contributed by atoms with Crippen LogP contribution in [0.1, 0.15) is 17.3 Å². The van der Waals surface area contributed by atoms with Crippen molar-refractivity contribution < 1.29 is 4.79 Å². The van der Waals surface area contributed by atoms with Crippen LogP contribution in [-0.2, 0) is 0 Å². The van der Waals surface area contributed by atoms with E-state index in [0.717, 1.165) is 0 Å². The largest absolute Gasteiger partial charge is 0.292 e. The highest BCUT2D eigenvalue weighted by molar-refractivity contribution is 6.46. The number of hydrogen-bond acceptors (Lipinski definition) is 1. The molecule has 0 aromatic heterocycles. The molecule has 0 amide bonds. The van der Waals surface area contributed by atoms with Crippen molar-refractivity contribution in [1.82, 2.24) is 0 Å². The van der Waals surface area contributed by atoms with Gasteiger partial charge in [-0.25, -0.2) is 0 Å². The molecule has 0 aliphatic carbocycles. The van der Waals surface area contributed by atoms with E-state index < -0.39 is 5.38 Å². The lowest BCUT2D eigenvalue weighted by atomic mass is 10.1. The van der Waals surface area contributed by atoms with Gasteiger partial charge in [-0.3, -0.25) is 4.79 Å². The number of halogens is 4. The molecule has 1 atom stereocenters.